The number of para-hydroxylation sites is 1. The van der Waals surface area contributed by atoms with Gasteiger partial charge in [-0.2, -0.15) is 4.98 Å². The van der Waals surface area contributed by atoms with Gasteiger partial charge in [0.1, 0.15) is 17.5 Å². The molecule has 7 nitrogen and oxygen atoms in total. The van der Waals surface area contributed by atoms with E-state index in [4.69, 9.17) is 4.98 Å². The Hall–Kier alpha value is -3.49. The molecule has 1 aromatic heterocycles. The third-order valence-corrected chi connectivity index (χ3v) is 5.86. The van der Waals surface area contributed by atoms with Crippen LogP contribution in [0.4, 0.5) is 31.0 Å². The van der Waals surface area contributed by atoms with Crippen molar-refractivity contribution < 1.29 is 13.6 Å². The third-order valence-electron chi connectivity index (χ3n) is 5.86. The van der Waals surface area contributed by atoms with Gasteiger partial charge >= 0.3 is 6.03 Å². The fourth-order valence-electron chi connectivity index (χ4n) is 4.20. The predicted octanol–water partition coefficient (Wildman–Crippen LogP) is 4.77. The van der Waals surface area contributed by atoms with Gasteiger partial charge in [-0.1, -0.05) is 12.1 Å². The Balaban J connectivity index is 1.27. The molecule has 0 unspecified atom stereocenters. The molecule has 3 aromatic rings. The van der Waals surface area contributed by atoms with Crippen molar-refractivity contribution in [1.29, 1.82) is 0 Å². The van der Waals surface area contributed by atoms with E-state index in [2.05, 4.69) is 20.9 Å². The second kappa shape index (κ2) is 9.97. The molecule has 0 bridgehead atoms. The largest absolute Gasteiger partial charge is 0.362 e. The quantitative estimate of drug-likeness (QED) is 0.500. The highest BCUT2D eigenvalue weighted by molar-refractivity contribution is 5.90. The van der Waals surface area contributed by atoms with Crippen LogP contribution in [0.15, 0.2) is 42.5 Å². The third kappa shape index (κ3) is 5.85. The molecular weight excluding hydrogens is 426 g/mol. The van der Waals surface area contributed by atoms with Crippen molar-refractivity contribution in [1.82, 2.24) is 15.3 Å². The number of rotatable bonds is 6. The maximum Gasteiger partial charge on any atom is 0.319 e. The lowest BCUT2D eigenvalue weighted by Gasteiger charge is -2.29. The fraction of sp³-hybridized carbons (Fsp3) is 0.375. The molecule has 1 saturated carbocycles. The summed E-state index contributed by atoms with van der Waals surface area (Å²) in [6.07, 6.45) is 3.77. The summed E-state index contributed by atoms with van der Waals surface area (Å²) >= 11 is 0. The van der Waals surface area contributed by atoms with Gasteiger partial charge in [0.2, 0.25) is 5.95 Å². The number of nitrogens with one attached hydrogen (secondary N) is 3. The van der Waals surface area contributed by atoms with Gasteiger partial charge in [-0.05, 0) is 55.9 Å². The lowest BCUT2D eigenvalue weighted by molar-refractivity contribution is 0.246. The lowest BCUT2D eigenvalue weighted by Crippen LogP contribution is -2.36. The van der Waals surface area contributed by atoms with Crippen LogP contribution in [-0.2, 0) is 0 Å². The molecule has 4 rings (SSSR count). The molecule has 0 spiro atoms. The number of fused-ring (bicyclic) bond motifs is 1. The fourth-order valence-corrected chi connectivity index (χ4v) is 4.20. The molecule has 33 heavy (non-hydrogen) atoms. The van der Waals surface area contributed by atoms with Crippen molar-refractivity contribution in [3.63, 3.8) is 0 Å². The number of urea groups is 1. The maximum absolute atomic E-state index is 13.3. The Morgan fingerprint density at radius 2 is 1.73 bits per heavy atom. The van der Waals surface area contributed by atoms with E-state index in [0.717, 1.165) is 60.6 Å². The first-order valence-corrected chi connectivity index (χ1v) is 11.1. The number of aromatic nitrogens is 2. The number of nitrogens with zero attached hydrogens (tertiary/aromatic N) is 3. The molecule has 1 fully saturated rings. The molecule has 0 aliphatic heterocycles. The molecule has 0 radical (unpaired) electrons. The van der Waals surface area contributed by atoms with Gasteiger partial charge in [0, 0.05) is 43.8 Å². The van der Waals surface area contributed by atoms with Crippen molar-refractivity contribution in [3.05, 3.63) is 54.1 Å². The van der Waals surface area contributed by atoms with E-state index in [-0.39, 0.29) is 11.7 Å². The SMILES string of the molecule is CN(C)c1nc(NC2CCC(CNC(=O)Nc3cc(F)cc(F)c3)CC2)nc2ccccc12. The van der Waals surface area contributed by atoms with Crippen LogP contribution in [0.3, 0.4) is 0 Å². The first kappa shape index (κ1) is 22.7. The number of hydrogen-bond acceptors (Lipinski definition) is 5. The summed E-state index contributed by atoms with van der Waals surface area (Å²) in [5, 5.41) is 9.76. The van der Waals surface area contributed by atoms with E-state index in [9.17, 15) is 13.6 Å². The maximum atomic E-state index is 13.3. The van der Waals surface area contributed by atoms with E-state index in [0.29, 0.717) is 18.4 Å². The standard InChI is InChI=1S/C24H28F2N6O/c1-32(2)22-20-5-3-4-6-21(20)30-23(31-22)28-18-9-7-15(8-10-18)14-27-24(33)29-19-12-16(25)11-17(26)13-19/h3-6,11-13,15,18H,7-10,14H2,1-2H3,(H2,27,29,33)(H,28,30,31). The molecule has 9 heteroatoms. The Morgan fingerprint density at radius 3 is 2.42 bits per heavy atom. The van der Waals surface area contributed by atoms with E-state index < -0.39 is 17.7 Å². The predicted molar refractivity (Wildman–Crippen MR) is 127 cm³/mol. The van der Waals surface area contributed by atoms with E-state index in [1.54, 1.807) is 0 Å². The zero-order chi connectivity index (χ0) is 23.4. The molecular formula is C24H28F2N6O. The summed E-state index contributed by atoms with van der Waals surface area (Å²) in [5.74, 6) is 0.382. The van der Waals surface area contributed by atoms with Crippen molar-refractivity contribution in [2.45, 2.75) is 31.7 Å². The highest BCUT2D eigenvalue weighted by Gasteiger charge is 2.23. The second-order valence-corrected chi connectivity index (χ2v) is 8.64. The number of anilines is 3. The molecule has 2 aromatic carbocycles. The molecule has 3 N–H and O–H groups in total. The first-order valence-electron chi connectivity index (χ1n) is 11.1. The minimum atomic E-state index is -0.732. The number of carbonyl (C=O) groups excluding carboxylic acids is 1. The zero-order valence-corrected chi connectivity index (χ0v) is 18.7. The normalized spacial score (nSPS) is 18.1. The summed E-state index contributed by atoms with van der Waals surface area (Å²) in [5.41, 5.74) is 0.992. The van der Waals surface area contributed by atoms with Crippen LogP contribution in [-0.4, -0.2) is 42.7 Å². The smallest absolute Gasteiger partial charge is 0.319 e. The minimum Gasteiger partial charge on any atom is -0.362 e. The average Bonchev–Trinajstić information content (AvgIpc) is 2.77. The van der Waals surface area contributed by atoms with Crippen LogP contribution in [0.5, 0.6) is 0 Å². The minimum absolute atomic E-state index is 0.0883. The molecule has 0 saturated heterocycles. The summed E-state index contributed by atoms with van der Waals surface area (Å²) < 4.78 is 26.5. The van der Waals surface area contributed by atoms with Gasteiger partial charge in [0.05, 0.1) is 5.52 Å². The van der Waals surface area contributed by atoms with Crippen LogP contribution < -0.4 is 20.9 Å². The number of carbonyl (C=O) groups is 1. The zero-order valence-electron chi connectivity index (χ0n) is 18.7. The molecule has 174 valence electrons. The number of benzene rings is 2. The summed E-state index contributed by atoms with van der Waals surface area (Å²) in [4.78, 5) is 23.5. The van der Waals surface area contributed by atoms with Crippen LogP contribution >= 0.6 is 0 Å². The molecule has 1 aliphatic carbocycles. The van der Waals surface area contributed by atoms with Gasteiger partial charge < -0.3 is 20.9 Å². The van der Waals surface area contributed by atoms with Gasteiger partial charge in [-0.3, -0.25) is 0 Å². The van der Waals surface area contributed by atoms with E-state index >= 15 is 0 Å². The first-order chi connectivity index (χ1) is 15.9. The second-order valence-electron chi connectivity index (χ2n) is 8.64. The van der Waals surface area contributed by atoms with Crippen molar-refractivity contribution in [3.8, 4) is 0 Å². The molecule has 1 aliphatic rings. The highest BCUT2D eigenvalue weighted by atomic mass is 19.1. The summed E-state index contributed by atoms with van der Waals surface area (Å²) in [6.45, 7) is 0.508. The Morgan fingerprint density at radius 1 is 1.03 bits per heavy atom. The number of halogens is 2. The van der Waals surface area contributed by atoms with Gasteiger partial charge in [-0.25, -0.2) is 18.6 Å². The molecule has 1 heterocycles. The van der Waals surface area contributed by atoms with Gasteiger partial charge in [-0.15, -0.1) is 0 Å². The van der Waals surface area contributed by atoms with E-state index in [1.807, 2.05) is 43.3 Å². The lowest BCUT2D eigenvalue weighted by atomic mass is 9.86. The summed E-state index contributed by atoms with van der Waals surface area (Å²) in [6, 6.07) is 10.7. The van der Waals surface area contributed by atoms with Gasteiger partial charge in [0.15, 0.2) is 0 Å². The summed E-state index contributed by atoms with van der Waals surface area (Å²) in [7, 11) is 3.94. The van der Waals surface area contributed by atoms with Crippen LogP contribution in [0.25, 0.3) is 10.9 Å². The van der Waals surface area contributed by atoms with E-state index in [1.165, 1.54) is 0 Å². The van der Waals surface area contributed by atoms with Gasteiger partial charge in [0.25, 0.3) is 0 Å². The van der Waals surface area contributed by atoms with Crippen molar-refractivity contribution in [2.75, 3.05) is 36.2 Å². The van der Waals surface area contributed by atoms with Crippen LogP contribution in [0.1, 0.15) is 25.7 Å². The molecule has 0 atom stereocenters. The van der Waals surface area contributed by atoms with Crippen LogP contribution in [0, 0.1) is 17.6 Å². The highest BCUT2D eigenvalue weighted by Crippen LogP contribution is 2.28. The Bertz CT molecular complexity index is 1110. The number of hydrogen-bond donors (Lipinski definition) is 3. The monoisotopic (exact) mass is 454 g/mol. The Kier molecular flexibility index (Phi) is 6.86. The average molecular weight is 455 g/mol. The van der Waals surface area contributed by atoms with Crippen molar-refractivity contribution in [2.24, 2.45) is 5.92 Å². The number of amides is 2. The molecule has 2 amide bonds. The topological polar surface area (TPSA) is 82.2 Å². The Labute approximate surface area is 191 Å². The van der Waals surface area contributed by atoms with Crippen LogP contribution in [0.2, 0.25) is 0 Å². The van der Waals surface area contributed by atoms with Crippen molar-refractivity contribution >= 4 is 34.4 Å².